The van der Waals surface area contributed by atoms with Crippen molar-refractivity contribution in [2.45, 2.75) is 31.6 Å². The Labute approximate surface area is 79.0 Å². The first-order chi connectivity index (χ1) is 6.42. The zero-order chi connectivity index (χ0) is 9.10. The second-order valence-electron chi connectivity index (χ2n) is 3.66. The van der Waals surface area contributed by atoms with Crippen molar-refractivity contribution in [2.24, 2.45) is 0 Å². The zero-order valence-electron chi connectivity index (χ0n) is 7.66. The highest BCUT2D eigenvalue weighted by molar-refractivity contribution is 5.33. The Bertz CT molecular complexity index is 331. The summed E-state index contributed by atoms with van der Waals surface area (Å²) in [5.74, 6) is 0.740. The summed E-state index contributed by atoms with van der Waals surface area (Å²) in [5.41, 5.74) is 2.64. The molecule has 0 unspecified atom stereocenters. The minimum absolute atomic E-state index is 0.562. The predicted octanol–water partition coefficient (Wildman–Crippen LogP) is 3.02. The Morgan fingerprint density at radius 3 is 2.69 bits per heavy atom. The van der Waals surface area contributed by atoms with Crippen LogP contribution in [0.1, 0.15) is 36.3 Å². The monoisotopic (exact) mass is 171 g/mol. The fourth-order valence-electron chi connectivity index (χ4n) is 1.90. The maximum Gasteiger partial charge on any atom is 0.0669 e. The van der Waals surface area contributed by atoms with E-state index in [2.05, 4.69) is 24.3 Å². The first-order valence-corrected chi connectivity index (χ1v) is 4.86. The lowest BCUT2D eigenvalue weighted by Gasteiger charge is -2.27. The molecule has 0 saturated heterocycles. The van der Waals surface area contributed by atoms with Crippen molar-refractivity contribution in [2.75, 3.05) is 0 Å². The van der Waals surface area contributed by atoms with Gasteiger partial charge in [-0.15, -0.1) is 0 Å². The van der Waals surface area contributed by atoms with Crippen LogP contribution >= 0.6 is 0 Å². The number of benzene rings is 1. The van der Waals surface area contributed by atoms with E-state index in [9.17, 15) is 0 Å². The van der Waals surface area contributed by atoms with E-state index in [-0.39, 0.29) is 0 Å². The highest BCUT2D eigenvalue weighted by Gasteiger charge is 2.21. The van der Waals surface area contributed by atoms with Gasteiger partial charge in [-0.3, -0.25) is 0 Å². The lowest BCUT2D eigenvalue weighted by molar-refractivity contribution is 0.418. The minimum Gasteiger partial charge on any atom is -0.198 e. The number of nitrogens with zero attached hydrogens (tertiary/aromatic N) is 1. The molecule has 1 aromatic carbocycles. The molecule has 1 aliphatic rings. The largest absolute Gasteiger partial charge is 0.198 e. The molecule has 1 saturated carbocycles. The van der Waals surface area contributed by atoms with E-state index in [1.807, 2.05) is 6.07 Å². The molecule has 13 heavy (non-hydrogen) atoms. The Hall–Kier alpha value is -1.29. The second kappa shape index (κ2) is 3.62. The average molecular weight is 171 g/mol. The van der Waals surface area contributed by atoms with Gasteiger partial charge in [-0.05, 0) is 29.9 Å². The molecule has 1 fully saturated rings. The first kappa shape index (κ1) is 8.31. The van der Waals surface area contributed by atoms with Gasteiger partial charge in [0.2, 0.25) is 0 Å². The quantitative estimate of drug-likeness (QED) is 0.671. The standard InChI is InChI=1S/C12H13N/c13-9-8-11-4-1-2-7-12(11)10-5-3-6-10/h1-2,4,7,10H,3,5-6,8H2. The van der Waals surface area contributed by atoms with Crippen LogP contribution in [0.3, 0.4) is 0 Å². The van der Waals surface area contributed by atoms with E-state index >= 15 is 0 Å². The summed E-state index contributed by atoms with van der Waals surface area (Å²) in [6.07, 6.45) is 4.53. The summed E-state index contributed by atoms with van der Waals surface area (Å²) in [5, 5.41) is 8.67. The SMILES string of the molecule is N#CCc1ccccc1C1CCC1. The normalized spacial score (nSPS) is 16.2. The molecule has 1 nitrogen and oxygen atoms in total. The van der Waals surface area contributed by atoms with E-state index in [0.717, 1.165) is 5.92 Å². The van der Waals surface area contributed by atoms with Gasteiger partial charge in [0.05, 0.1) is 12.5 Å². The fraction of sp³-hybridized carbons (Fsp3) is 0.417. The van der Waals surface area contributed by atoms with Crippen LogP contribution in [0.5, 0.6) is 0 Å². The van der Waals surface area contributed by atoms with E-state index in [4.69, 9.17) is 5.26 Å². The van der Waals surface area contributed by atoms with Gasteiger partial charge in [-0.25, -0.2) is 0 Å². The third-order valence-electron chi connectivity index (χ3n) is 2.87. The van der Waals surface area contributed by atoms with Crippen molar-refractivity contribution in [3.8, 4) is 6.07 Å². The summed E-state index contributed by atoms with van der Waals surface area (Å²) in [4.78, 5) is 0. The lowest BCUT2D eigenvalue weighted by Crippen LogP contribution is -2.10. The molecule has 66 valence electrons. The Morgan fingerprint density at radius 2 is 2.08 bits per heavy atom. The van der Waals surface area contributed by atoms with Crippen LogP contribution in [-0.4, -0.2) is 0 Å². The first-order valence-electron chi connectivity index (χ1n) is 4.86. The Morgan fingerprint density at radius 1 is 1.31 bits per heavy atom. The molecule has 0 amide bonds. The molecule has 1 aliphatic carbocycles. The van der Waals surface area contributed by atoms with Gasteiger partial charge >= 0.3 is 0 Å². The molecule has 1 heteroatoms. The summed E-state index contributed by atoms with van der Waals surface area (Å²) in [6.45, 7) is 0. The highest BCUT2D eigenvalue weighted by atomic mass is 14.3. The molecule has 0 aliphatic heterocycles. The van der Waals surface area contributed by atoms with Crippen LogP contribution in [0, 0.1) is 11.3 Å². The van der Waals surface area contributed by atoms with Gasteiger partial charge in [0, 0.05) is 0 Å². The van der Waals surface area contributed by atoms with E-state index in [0.29, 0.717) is 6.42 Å². The molecule has 0 heterocycles. The zero-order valence-corrected chi connectivity index (χ0v) is 7.66. The maximum absolute atomic E-state index is 8.67. The van der Waals surface area contributed by atoms with E-state index in [1.165, 1.54) is 30.4 Å². The van der Waals surface area contributed by atoms with Crippen molar-refractivity contribution < 1.29 is 0 Å². The molecule has 1 aromatic rings. The third-order valence-corrected chi connectivity index (χ3v) is 2.87. The van der Waals surface area contributed by atoms with E-state index < -0.39 is 0 Å². The minimum atomic E-state index is 0.562. The van der Waals surface area contributed by atoms with Crippen LogP contribution in [-0.2, 0) is 6.42 Å². The number of rotatable bonds is 2. The number of nitriles is 1. The highest BCUT2D eigenvalue weighted by Crippen LogP contribution is 2.37. The molecule has 0 atom stereocenters. The lowest BCUT2D eigenvalue weighted by atomic mass is 9.78. The molecular weight excluding hydrogens is 158 g/mol. The smallest absolute Gasteiger partial charge is 0.0669 e. The maximum atomic E-state index is 8.67. The molecule has 2 rings (SSSR count). The van der Waals surface area contributed by atoms with Gasteiger partial charge in [0.1, 0.15) is 0 Å². The summed E-state index contributed by atoms with van der Waals surface area (Å²) < 4.78 is 0. The summed E-state index contributed by atoms with van der Waals surface area (Å²) in [7, 11) is 0. The van der Waals surface area contributed by atoms with Crippen LogP contribution in [0.15, 0.2) is 24.3 Å². The van der Waals surface area contributed by atoms with Gasteiger partial charge < -0.3 is 0 Å². The summed E-state index contributed by atoms with van der Waals surface area (Å²) in [6, 6.07) is 10.6. The van der Waals surface area contributed by atoms with Gasteiger partial charge in [0.25, 0.3) is 0 Å². The van der Waals surface area contributed by atoms with Crippen molar-refractivity contribution in [1.82, 2.24) is 0 Å². The van der Waals surface area contributed by atoms with Gasteiger partial charge in [-0.2, -0.15) is 5.26 Å². The van der Waals surface area contributed by atoms with Crippen molar-refractivity contribution in [1.29, 1.82) is 5.26 Å². The predicted molar refractivity (Wildman–Crippen MR) is 52.4 cm³/mol. The van der Waals surface area contributed by atoms with Crippen LogP contribution in [0.2, 0.25) is 0 Å². The molecule has 0 radical (unpaired) electrons. The van der Waals surface area contributed by atoms with Gasteiger partial charge in [-0.1, -0.05) is 30.7 Å². The fourth-order valence-corrected chi connectivity index (χ4v) is 1.90. The second-order valence-corrected chi connectivity index (χ2v) is 3.66. The molecule has 0 bridgehead atoms. The third kappa shape index (κ3) is 1.58. The molecule has 0 N–H and O–H groups in total. The Balaban J connectivity index is 2.26. The van der Waals surface area contributed by atoms with Crippen molar-refractivity contribution >= 4 is 0 Å². The average Bonchev–Trinajstić information content (AvgIpc) is 2.05. The number of hydrogen-bond acceptors (Lipinski definition) is 1. The molecule has 0 spiro atoms. The van der Waals surface area contributed by atoms with Crippen LogP contribution in [0.25, 0.3) is 0 Å². The van der Waals surface area contributed by atoms with E-state index in [1.54, 1.807) is 0 Å². The summed E-state index contributed by atoms with van der Waals surface area (Å²) >= 11 is 0. The Kier molecular flexibility index (Phi) is 2.31. The van der Waals surface area contributed by atoms with Crippen LogP contribution < -0.4 is 0 Å². The molecular formula is C12H13N. The number of hydrogen-bond donors (Lipinski definition) is 0. The van der Waals surface area contributed by atoms with Crippen molar-refractivity contribution in [3.05, 3.63) is 35.4 Å². The van der Waals surface area contributed by atoms with Crippen LogP contribution in [0.4, 0.5) is 0 Å². The van der Waals surface area contributed by atoms with Crippen molar-refractivity contribution in [3.63, 3.8) is 0 Å². The topological polar surface area (TPSA) is 23.8 Å². The molecule has 0 aromatic heterocycles. The van der Waals surface area contributed by atoms with Gasteiger partial charge in [0.15, 0.2) is 0 Å².